The summed E-state index contributed by atoms with van der Waals surface area (Å²) in [6.45, 7) is 1.26. The Labute approximate surface area is 120 Å². The fourth-order valence-corrected chi connectivity index (χ4v) is 2.74. The molecule has 2 heterocycles. The molecule has 2 N–H and O–H groups in total. The number of aromatic nitrogens is 1. The molecular weight excluding hydrogens is 281 g/mol. The maximum absolute atomic E-state index is 13.9. The third kappa shape index (κ3) is 1.86. The highest BCUT2D eigenvalue weighted by atomic mass is 35.5. The van der Waals surface area contributed by atoms with Crippen molar-refractivity contribution in [1.82, 2.24) is 4.57 Å². The highest BCUT2D eigenvalue weighted by molar-refractivity contribution is 6.30. The SMILES string of the molecule is CN1CCn2c1c(N)cc(-c1cc(Cl)ccc1F)c2=O. The van der Waals surface area contributed by atoms with Crippen LogP contribution in [0.4, 0.5) is 15.9 Å². The Morgan fingerprint density at radius 3 is 2.75 bits per heavy atom. The van der Waals surface area contributed by atoms with E-state index < -0.39 is 5.82 Å². The van der Waals surface area contributed by atoms with Crippen molar-refractivity contribution in [1.29, 1.82) is 0 Å². The average molecular weight is 294 g/mol. The van der Waals surface area contributed by atoms with E-state index in [-0.39, 0.29) is 16.7 Å². The molecule has 1 aromatic heterocycles. The first kappa shape index (κ1) is 13.0. The summed E-state index contributed by atoms with van der Waals surface area (Å²) in [5.41, 5.74) is 6.63. The second kappa shape index (κ2) is 4.52. The molecule has 0 spiro atoms. The predicted octanol–water partition coefficient (Wildman–Crippen LogP) is 2.34. The van der Waals surface area contributed by atoms with Gasteiger partial charge in [-0.3, -0.25) is 9.36 Å². The molecule has 0 saturated carbocycles. The quantitative estimate of drug-likeness (QED) is 0.878. The Kier molecular flexibility index (Phi) is 2.94. The third-order valence-corrected chi connectivity index (χ3v) is 3.76. The Balaban J connectivity index is 2.29. The highest BCUT2D eigenvalue weighted by Gasteiger charge is 2.23. The standard InChI is InChI=1S/C14H13ClFN3O/c1-18-4-5-19-13(18)12(17)7-10(14(19)20)9-6-8(15)2-3-11(9)16/h2-3,6-7H,4-5,17H2,1H3. The van der Waals surface area contributed by atoms with Crippen LogP contribution in [-0.4, -0.2) is 18.2 Å². The van der Waals surface area contributed by atoms with E-state index in [2.05, 4.69) is 0 Å². The number of likely N-dealkylation sites (N-methyl/N-ethyl adjacent to an activating group) is 1. The number of hydrogen-bond acceptors (Lipinski definition) is 3. The van der Waals surface area contributed by atoms with Gasteiger partial charge >= 0.3 is 0 Å². The largest absolute Gasteiger partial charge is 0.396 e. The Hall–Kier alpha value is -2.01. The molecular formula is C14H13ClFN3O. The van der Waals surface area contributed by atoms with Crippen molar-refractivity contribution >= 4 is 23.1 Å². The topological polar surface area (TPSA) is 51.3 Å². The Bertz CT molecular complexity index is 757. The van der Waals surface area contributed by atoms with Gasteiger partial charge in [0.2, 0.25) is 0 Å². The average Bonchev–Trinajstić information content (AvgIpc) is 2.80. The molecule has 6 heteroatoms. The van der Waals surface area contributed by atoms with Gasteiger partial charge in [-0.25, -0.2) is 4.39 Å². The molecule has 0 amide bonds. The molecule has 1 aliphatic heterocycles. The van der Waals surface area contributed by atoms with Crippen molar-refractivity contribution in [2.75, 3.05) is 24.2 Å². The zero-order valence-corrected chi connectivity index (χ0v) is 11.6. The van der Waals surface area contributed by atoms with Crippen molar-refractivity contribution in [2.24, 2.45) is 0 Å². The fourth-order valence-electron chi connectivity index (χ4n) is 2.57. The van der Waals surface area contributed by atoms with Crippen molar-refractivity contribution < 1.29 is 4.39 Å². The Morgan fingerprint density at radius 2 is 2.00 bits per heavy atom. The van der Waals surface area contributed by atoms with Crippen molar-refractivity contribution in [3.8, 4) is 11.1 Å². The minimum Gasteiger partial charge on any atom is -0.396 e. The van der Waals surface area contributed by atoms with Crippen molar-refractivity contribution in [2.45, 2.75) is 6.54 Å². The van der Waals surface area contributed by atoms with Crippen LogP contribution in [0.2, 0.25) is 5.02 Å². The van der Waals surface area contributed by atoms with Crippen LogP contribution in [0.1, 0.15) is 0 Å². The van der Waals surface area contributed by atoms with Crippen LogP contribution in [0.25, 0.3) is 11.1 Å². The van der Waals surface area contributed by atoms with Gasteiger partial charge in [-0.15, -0.1) is 0 Å². The van der Waals surface area contributed by atoms with E-state index in [9.17, 15) is 9.18 Å². The molecule has 4 nitrogen and oxygen atoms in total. The summed E-state index contributed by atoms with van der Waals surface area (Å²) in [6, 6.07) is 5.66. The second-order valence-corrected chi connectivity index (χ2v) is 5.28. The summed E-state index contributed by atoms with van der Waals surface area (Å²) in [5.74, 6) is 0.194. The normalized spacial score (nSPS) is 13.7. The molecule has 0 unspecified atom stereocenters. The summed E-state index contributed by atoms with van der Waals surface area (Å²) in [4.78, 5) is 14.4. The zero-order valence-electron chi connectivity index (χ0n) is 10.9. The van der Waals surface area contributed by atoms with Crippen LogP contribution >= 0.6 is 11.6 Å². The molecule has 0 fully saturated rings. The molecule has 2 aromatic rings. The van der Waals surface area contributed by atoms with Gasteiger partial charge in [-0.2, -0.15) is 0 Å². The molecule has 0 aliphatic carbocycles. The number of nitrogens with zero attached hydrogens (tertiary/aromatic N) is 2. The molecule has 1 aliphatic rings. The van der Waals surface area contributed by atoms with Gasteiger partial charge in [0.05, 0.1) is 11.3 Å². The number of hydrogen-bond donors (Lipinski definition) is 1. The van der Waals surface area contributed by atoms with Gasteiger partial charge in [0, 0.05) is 30.7 Å². The molecule has 20 heavy (non-hydrogen) atoms. The lowest BCUT2D eigenvalue weighted by Gasteiger charge is -2.15. The minimum absolute atomic E-state index is 0.180. The summed E-state index contributed by atoms with van der Waals surface area (Å²) in [5, 5.41) is 0.377. The first-order chi connectivity index (χ1) is 9.49. The molecule has 0 atom stereocenters. The minimum atomic E-state index is -0.488. The maximum atomic E-state index is 13.9. The fraction of sp³-hybridized carbons (Fsp3) is 0.214. The summed E-state index contributed by atoms with van der Waals surface area (Å²) < 4.78 is 15.5. The number of benzene rings is 1. The van der Waals surface area contributed by atoms with Crippen LogP contribution in [0.3, 0.4) is 0 Å². The lowest BCUT2D eigenvalue weighted by molar-refractivity contribution is 0.630. The highest BCUT2D eigenvalue weighted by Crippen LogP contribution is 2.31. The van der Waals surface area contributed by atoms with Gasteiger partial charge in [-0.1, -0.05) is 11.6 Å². The molecule has 0 bridgehead atoms. The molecule has 104 valence electrons. The third-order valence-electron chi connectivity index (χ3n) is 3.53. The molecule has 0 saturated heterocycles. The van der Waals surface area contributed by atoms with Gasteiger partial charge in [0.1, 0.15) is 11.6 Å². The van der Waals surface area contributed by atoms with Crippen LogP contribution in [0, 0.1) is 5.82 Å². The van der Waals surface area contributed by atoms with Crippen LogP contribution in [-0.2, 0) is 6.54 Å². The summed E-state index contributed by atoms with van der Waals surface area (Å²) in [6.07, 6.45) is 0. The summed E-state index contributed by atoms with van der Waals surface area (Å²) >= 11 is 5.88. The van der Waals surface area contributed by atoms with E-state index in [1.807, 2.05) is 11.9 Å². The van der Waals surface area contributed by atoms with Gasteiger partial charge in [0.15, 0.2) is 0 Å². The number of halogens is 2. The first-order valence-corrected chi connectivity index (χ1v) is 6.56. The number of nitrogen functional groups attached to an aromatic ring is 1. The lowest BCUT2D eigenvalue weighted by atomic mass is 10.1. The van der Waals surface area contributed by atoms with Gasteiger partial charge in [-0.05, 0) is 24.3 Å². The number of pyridine rings is 1. The van der Waals surface area contributed by atoms with Gasteiger partial charge < -0.3 is 10.6 Å². The maximum Gasteiger partial charge on any atom is 0.260 e. The number of anilines is 2. The zero-order chi connectivity index (χ0) is 14.4. The predicted molar refractivity (Wildman–Crippen MR) is 78.8 cm³/mol. The van der Waals surface area contributed by atoms with E-state index in [0.717, 1.165) is 0 Å². The number of nitrogens with two attached hydrogens (primary N) is 1. The monoisotopic (exact) mass is 293 g/mol. The smallest absolute Gasteiger partial charge is 0.260 e. The summed E-state index contributed by atoms with van der Waals surface area (Å²) in [7, 11) is 1.87. The van der Waals surface area contributed by atoms with Crippen LogP contribution in [0.5, 0.6) is 0 Å². The van der Waals surface area contributed by atoms with Crippen molar-refractivity contribution in [3.63, 3.8) is 0 Å². The van der Waals surface area contributed by atoms with E-state index in [1.165, 1.54) is 24.3 Å². The van der Waals surface area contributed by atoms with Crippen LogP contribution < -0.4 is 16.2 Å². The second-order valence-electron chi connectivity index (χ2n) is 4.84. The van der Waals surface area contributed by atoms with Crippen molar-refractivity contribution in [3.05, 3.63) is 45.5 Å². The van der Waals surface area contributed by atoms with Crippen LogP contribution in [0.15, 0.2) is 29.1 Å². The number of rotatable bonds is 1. The number of fused-ring (bicyclic) bond motifs is 1. The Morgan fingerprint density at radius 1 is 1.25 bits per heavy atom. The van der Waals surface area contributed by atoms with E-state index >= 15 is 0 Å². The first-order valence-electron chi connectivity index (χ1n) is 6.19. The lowest BCUT2D eigenvalue weighted by Crippen LogP contribution is -2.22. The van der Waals surface area contributed by atoms with E-state index in [0.29, 0.717) is 29.6 Å². The van der Waals surface area contributed by atoms with E-state index in [4.69, 9.17) is 17.3 Å². The van der Waals surface area contributed by atoms with E-state index in [1.54, 1.807) is 4.57 Å². The van der Waals surface area contributed by atoms with Gasteiger partial charge in [0.25, 0.3) is 5.56 Å². The molecule has 3 rings (SSSR count). The molecule has 0 radical (unpaired) electrons. The molecule has 1 aromatic carbocycles.